The average molecular weight is 446 g/mol. The molecule has 3 rings (SSSR count). The Balaban J connectivity index is 0.000000425. The van der Waals surface area contributed by atoms with Crippen molar-refractivity contribution < 1.29 is 33.5 Å². The van der Waals surface area contributed by atoms with Crippen LogP contribution < -0.4 is 0 Å². The summed E-state index contributed by atoms with van der Waals surface area (Å²) in [5.74, 6) is 0. The molecule has 0 aromatic rings. The van der Waals surface area contributed by atoms with Crippen LogP contribution in [0.4, 0.5) is 0 Å². The van der Waals surface area contributed by atoms with Crippen molar-refractivity contribution in [3.8, 4) is 0 Å². The first kappa shape index (κ1) is 22.8. The monoisotopic (exact) mass is 448 g/mol. The number of rotatable bonds is 0. The zero-order valence-electron chi connectivity index (χ0n) is 13.9. The van der Waals surface area contributed by atoms with E-state index >= 15 is 0 Å². The largest absolute Gasteiger partial charge is 0.412 e. The molecular weight excluding hydrogens is 417 g/mol. The molecule has 0 saturated carbocycles. The van der Waals surface area contributed by atoms with Gasteiger partial charge in [-0.2, -0.15) is 0 Å². The Kier molecular flexibility index (Phi) is 9.63. The van der Waals surface area contributed by atoms with Crippen molar-refractivity contribution in [3.63, 3.8) is 0 Å². The van der Waals surface area contributed by atoms with E-state index in [-0.39, 0.29) is 35.4 Å². The molecule has 3 fully saturated rings. The summed E-state index contributed by atoms with van der Waals surface area (Å²) in [5, 5.41) is 0. The maximum atomic E-state index is 5.68. The Morgan fingerprint density at radius 3 is 1.00 bits per heavy atom. The predicted octanol–water partition coefficient (Wildman–Crippen LogP) is -0.235. The Bertz CT molecular complexity index is 281. The topological polar surface area (TPSA) is 118 Å². The molecule has 10 heteroatoms. The van der Waals surface area contributed by atoms with Crippen LogP contribution in [0.5, 0.6) is 0 Å². The van der Waals surface area contributed by atoms with Crippen molar-refractivity contribution in [1.29, 1.82) is 0 Å². The van der Waals surface area contributed by atoms with Crippen LogP contribution in [0, 0.1) is 0 Å². The Hall–Kier alpha value is 0.766. The summed E-state index contributed by atoms with van der Waals surface area (Å²) < 4.78 is 33.1. The van der Waals surface area contributed by atoms with E-state index in [0.717, 1.165) is 0 Å². The molecule has 8 nitrogen and oxygen atoms in total. The quantitative estimate of drug-likeness (QED) is 0.475. The van der Waals surface area contributed by atoms with E-state index in [9.17, 15) is 0 Å². The third-order valence-corrected chi connectivity index (χ3v) is 11.3. The minimum Gasteiger partial charge on any atom is -0.412 e. The van der Waals surface area contributed by atoms with E-state index in [4.69, 9.17) is 22.6 Å². The summed E-state index contributed by atoms with van der Waals surface area (Å²) in [6.07, 6.45) is 1.07. The van der Waals surface area contributed by atoms with Crippen LogP contribution in [0.3, 0.4) is 0 Å². The minimum atomic E-state index is -3.25. The zero-order chi connectivity index (χ0) is 14.9. The molecule has 3 aliphatic heterocycles. The van der Waals surface area contributed by atoms with Gasteiger partial charge in [0.25, 0.3) is 0 Å². The SMILES string of the molecule is C[C@@H]1[O][Ge]2([O][C@@H](C)[C@@H](C)[O]2)[O][C@@H]1C.C[C@@H]1[O][Ge][O][C@@H]1C.O.O. The van der Waals surface area contributed by atoms with Crippen LogP contribution >= 0.6 is 0 Å². The zero-order valence-corrected chi connectivity index (χ0v) is 18.1. The fourth-order valence-electron chi connectivity index (χ4n) is 1.83. The van der Waals surface area contributed by atoms with E-state index in [1.165, 1.54) is 0 Å². The first-order valence-corrected chi connectivity index (χ1v) is 12.2. The third kappa shape index (κ3) is 5.40. The first-order valence-electron chi connectivity index (χ1n) is 7.10. The standard InChI is InChI=1S/C8H16GeO4.C4H8GeO2.2H2O/c1-5-6(2)11-9(10-5)12-7(3)8(4)13-9;1-3-4(2)7-5-6-3;;/h5-8H,1-4H3;3-4H,1-2H3;2*1H2/t5-,6+,7-,8+,9?;3-,4+;;. The first-order chi connectivity index (χ1) is 9.33. The fourth-order valence-corrected chi connectivity index (χ4v) is 9.52. The second-order valence-corrected chi connectivity index (χ2v) is 10.9. The van der Waals surface area contributed by atoms with Gasteiger partial charge in [0.15, 0.2) is 0 Å². The molecule has 0 amide bonds. The molecule has 4 N–H and O–H groups in total. The molecule has 0 aromatic carbocycles. The molecule has 6 atom stereocenters. The molecule has 3 aliphatic rings. The van der Waals surface area contributed by atoms with Crippen molar-refractivity contribution in [1.82, 2.24) is 0 Å². The molecule has 0 unspecified atom stereocenters. The molecular formula is C12H28Ge2O8. The normalized spacial score (nSPS) is 42.3. The van der Waals surface area contributed by atoms with Crippen LogP contribution in [0.1, 0.15) is 41.5 Å². The van der Waals surface area contributed by atoms with Crippen molar-refractivity contribution in [2.24, 2.45) is 0 Å². The second kappa shape index (κ2) is 9.30. The van der Waals surface area contributed by atoms with E-state index in [2.05, 4.69) is 0 Å². The van der Waals surface area contributed by atoms with Gasteiger partial charge in [-0.15, -0.1) is 0 Å². The minimum absolute atomic E-state index is 0. The summed E-state index contributed by atoms with van der Waals surface area (Å²) in [6.45, 7) is 12.1. The fraction of sp³-hybridized carbons (Fsp3) is 1.00. The number of hydrogen-bond acceptors (Lipinski definition) is 6. The summed E-state index contributed by atoms with van der Waals surface area (Å²) in [6, 6.07) is 0. The summed E-state index contributed by atoms with van der Waals surface area (Å²) >= 11 is -3.69. The summed E-state index contributed by atoms with van der Waals surface area (Å²) in [4.78, 5) is 0. The van der Waals surface area contributed by atoms with Crippen LogP contribution in [0.25, 0.3) is 0 Å². The smallest absolute Gasteiger partial charge is 0.412 e. The second-order valence-electron chi connectivity index (χ2n) is 5.52. The average Bonchev–Trinajstić information content (AvgIpc) is 2.93. The van der Waals surface area contributed by atoms with E-state index < -0.39 is 30.7 Å². The molecule has 0 bridgehead atoms. The van der Waals surface area contributed by atoms with Crippen LogP contribution in [-0.2, 0) is 22.6 Å². The van der Waals surface area contributed by atoms with Crippen molar-refractivity contribution in [2.75, 3.05) is 0 Å². The predicted molar refractivity (Wildman–Crippen MR) is 82.0 cm³/mol. The molecule has 22 heavy (non-hydrogen) atoms. The maximum absolute atomic E-state index is 5.68. The van der Waals surface area contributed by atoms with E-state index in [1.807, 2.05) is 41.5 Å². The van der Waals surface area contributed by atoms with Gasteiger partial charge >= 0.3 is 131 Å². The third-order valence-electron chi connectivity index (χ3n) is 3.77. The van der Waals surface area contributed by atoms with E-state index in [1.54, 1.807) is 0 Å². The van der Waals surface area contributed by atoms with Gasteiger partial charge in [-0.1, -0.05) is 0 Å². The summed E-state index contributed by atoms with van der Waals surface area (Å²) in [7, 11) is 0. The molecule has 132 valence electrons. The van der Waals surface area contributed by atoms with Crippen LogP contribution in [0.15, 0.2) is 0 Å². The van der Waals surface area contributed by atoms with Gasteiger partial charge in [0.2, 0.25) is 0 Å². The molecule has 3 heterocycles. The van der Waals surface area contributed by atoms with Gasteiger partial charge in [0.05, 0.1) is 0 Å². The van der Waals surface area contributed by atoms with Gasteiger partial charge in [0.1, 0.15) is 0 Å². The molecule has 0 aliphatic carbocycles. The Labute approximate surface area is 142 Å². The van der Waals surface area contributed by atoms with Crippen molar-refractivity contribution in [2.45, 2.75) is 78.2 Å². The van der Waals surface area contributed by atoms with Gasteiger partial charge < -0.3 is 11.0 Å². The molecule has 3 saturated heterocycles. The van der Waals surface area contributed by atoms with Gasteiger partial charge in [-0.3, -0.25) is 0 Å². The molecule has 1 spiro atoms. The van der Waals surface area contributed by atoms with Crippen LogP contribution in [-0.4, -0.2) is 78.3 Å². The van der Waals surface area contributed by atoms with Crippen molar-refractivity contribution >= 4 is 30.7 Å². The van der Waals surface area contributed by atoms with E-state index in [0.29, 0.717) is 12.2 Å². The number of hydrogen-bond donors (Lipinski definition) is 0. The van der Waals surface area contributed by atoms with Gasteiger partial charge in [0, 0.05) is 0 Å². The van der Waals surface area contributed by atoms with Gasteiger partial charge in [-0.25, -0.2) is 0 Å². The van der Waals surface area contributed by atoms with Crippen LogP contribution in [0.2, 0.25) is 0 Å². The van der Waals surface area contributed by atoms with Crippen molar-refractivity contribution in [3.05, 3.63) is 0 Å². The molecule has 0 aromatic heterocycles. The maximum Gasteiger partial charge on any atom is -0.412 e. The molecule has 2 radical (unpaired) electrons. The Morgan fingerprint density at radius 1 is 0.545 bits per heavy atom. The Morgan fingerprint density at radius 2 is 0.818 bits per heavy atom. The summed E-state index contributed by atoms with van der Waals surface area (Å²) in [5.41, 5.74) is 0. The van der Waals surface area contributed by atoms with Gasteiger partial charge in [-0.05, 0) is 0 Å².